The van der Waals surface area contributed by atoms with Gasteiger partial charge in [0.1, 0.15) is 5.75 Å². The average molecular weight is 309 g/mol. The smallest absolute Gasteiger partial charge is 0.259 e. The van der Waals surface area contributed by atoms with Crippen molar-refractivity contribution in [3.63, 3.8) is 0 Å². The third-order valence-corrected chi connectivity index (χ3v) is 3.37. The predicted octanol–water partition coefficient (Wildman–Crippen LogP) is 2.18. The van der Waals surface area contributed by atoms with Gasteiger partial charge in [-0.25, -0.2) is 0 Å². The molecular weight excluding hydrogens is 294 g/mol. The molecule has 0 radical (unpaired) electrons. The normalized spacial score (nSPS) is 10.5. The van der Waals surface area contributed by atoms with Crippen LogP contribution in [0.5, 0.6) is 5.75 Å². The first kappa shape index (κ1) is 14.7. The molecular formula is C16H15N5O2. The summed E-state index contributed by atoms with van der Waals surface area (Å²) in [6.45, 7) is 1.98. The molecule has 0 saturated heterocycles. The number of amides is 1. The number of tetrazole rings is 1. The number of phenols is 1. The second-order valence-electron chi connectivity index (χ2n) is 4.88. The van der Waals surface area contributed by atoms with E-state index in [4.69, 9.17) is 0 Å². The summed E-state index contributed by atoms with van der Waals surface area (Å²) >= 11 is 0. The van der Waals surface area contributed by atoms with Crippen LogP contribution in [-0.4, -0.2) is 31.2 Å². The van der Waals surface area contributed by atoms with Gasteiger partial charge in [-0.1, -0.05) is 19.1 Å². The quantitative estimate of drug-likeness (QED) is 0.770. The lowest BCUT2D eigenvalue weighted by Gasteiger charge is -2.08. The van der Waals surface area contributed by atoms with Crippen LogP contribution >= 0.6 is 0 Å². The minimum atomic E-state index is -0.368. The number of nitrogens with one attached hydrogen (secondary N) is 1. The molecule has 3 aromatic rings. The Morgan fingerprint density at radius 3 is 2.61 bits per heavy atom. The zero-order valence-electron chi connectivity index (χ0n) is 12.5. The molecule has 0 aliphatic heterocycles. The molecule has 7 nitrogen and oxygen atoms in total. The third-order valence-electron chi connectivity index (χ3n) is 3.37. The number of aromatic hydroxyl groups is 1. The number of carbonyl (C=O) groups is 1. The Morgan fingerprint density at radius 1 is 1.17 bits per heavy atom. The van der Waals surface area contributed by atoms with Crippen molar-refractivity contribution in [1.82, 2.24) is 20.2 Å². The largest absolute Gasteiger partial charge is 0.507 e. The van der Waals surface area contributed by atoms with E-state index in [1.165, 1.54) is 6.07 Å². The Hall–Kier alpha value is -3.22. The van der Waals surface area contributed by atoms with Crippen LogP contribution in [0.4, 0.5) is 5.69 Å². The van der Waals surface area contributed by atoms with Gasteiger partial charge in [-0.2, -0.15) is 4.68 Å². The van der Waals surface area contributed by atoms with Gasteiger partial charge >= 0.3 is 0 Å². The molecule has 2 N–H and O–H groups in total. The topological polar surface area (TPSA) is 92.9 Å². The van der Waals surface area contributed by atoms with E-state index in [9.17, 15) is 9.90 Å². The first-order valence-electron chi connectivity index (χ1n) is 7.16. The standard InChI is InChI=1S/C16H15N5O2/c1-2-15-18-19-20-21(15)12-9-7-11(8-10-12)17-16(23)13-5-3-4-6-14(13)22/h3-10,22H,2H2,1H3,(H,17,23). The summed E-state index contributed by atoms with van der Waals surface area (Å²) < 4.78 is 1.65. The predicted molar refractivity (Wildman–Crippen MR) is 84.6 cm³/mol. The fourth-order valence-electron chi connectivity index (χ4n) is 2.18. The maximum absolute atomic E-state index is 12.1. The lowest BCUT2D eigenvalue weighted by Crippen LogP contribution is -2.12. The minimum Gasteiger partial charge on any atom is -0.507 e. The number of anilines is 1. The molecule has 0 atom stereocenters. The van der Waals surface area contributed by atoms with Crippen LogP contribution in [0, 0.1) is 0 Å². The van der Waals surface area contributed by atoms with E-state index in [0.717, 1.165) is 17.9 Å². The van der Waals surface area contributed by atoms with E-state index in [-0.39, 0.29) is 17.2 Å². The summed E-state index contributed by atoms with van der Waals surface area (Å²) in [5, 5.41) is 24.0. The van der Waals surface area contributed by atoms with Crippen molar-refractivity contribution in [1.29, 1.82) is 0 Å². The van der Waals surface area contributed by atoms with Gasteiger partial charge in [0, 0.05) is 12.1 Å². The summed E-state index contributed by atoms with van der Waals surface area (Å²) in [6.07, 6.45) is 0.721. The van der Waals surface area contributed by atoms with Crippen molar-refractivity contribution in [3.05, 3.63) is 59.9 Å². The van der Waals surface area contributed by atoms with E-state index in [0.29, 0.717) is 5.69 Å². The van der Waals surface area contributed by atoms with Gasteiger partial charge in [-0.15, -0.1) is 5.10 Å². The number of carbonyl (C=O) groups excluding carboxylic acids is 1. The van der Waals surface area contributed by atoms with Gasteiger partial charge in [-0.05, 0) is 46.8 Å². The average Bonchev–Trinajstić information content (AvgIpc) is 3.04. The van der Waals surface area contributed by atoms with Gasteiger partial charge in [0.25, 0.3) is 5.91 Å². The molecule has 2 aromatic carbocycles. The minimum absolute atomic E-state index is 0.0529. The number of rotatable bonds is 4. The van der Waals surface area contributed by atoms with E-state index < -0.39 is 0 Å². The molecule has 0 saturated carbocycles. The molecule has 0 bridgehead atoms. The molecule has 23 heavy (non-hydrogen) atoms. The van der Waals surface area contributed by atoms with Crippen molar-refractivity contribution in [3.8, 4) is 11.4 Å². The summed E-state index contributed by atoms with van der Waals surface area (Å²) in [7, 11) is 0. The molecule has 1 amide bonds. The van der Waals surface area contributed by atoms with E-state index >= 15 is 0 Å². The number of aryl methyl sites for hydroxylation is 1. The zero-order valence-corrected chi connectivity index (χ0v) is 12.5. The molecule has 0 aliphatic carbocycles. The van der Waals surface area contributed by atoms with Gasteiger partial charge in [0.2, 0.25) is 0 Å². The zero-order chi connectivity index (χ0) is 16.2. The van der Waals surface area contributed by atoms with E-state index in [2.05, 4.69) is 20.8 Å². The van der Waals surface area contributed by atoms with Gasteiger partial charge < -0.3 is 10.4 Å². The van der Waals surface area contributed by atoms with Gasteiger partial charge in [-0.3, -0.25) is 4.79 Å². The SMILES string of the molecule is CCc1nnnn1-c1ccc(NC(=O)c2ccccc2O)cc1. The highest BCUT2D eigenvalue weighted by Gasteiger charge is 2.11. The first-order valence-corrected chi connectivity index (χ1v) is 7.16. The molecule has 0 spiro atoms. The van der Waals surface area contributed by atoms with Crippen LogP contribution in [0.1, 0.15) is 23.1 Å². The number of phenolic OH excluding ortho intramolecular Hbond substituents is 1. The summed E-state index contributed by atoms with van der Waals surface area (Å²) in [5.74, 6) is 0.339. The fourth-order valence-corrected chi connectivity index (χ4v) is 2.18. The lowest BCUT2D eigenvalue weighted by molar-refractivity contribution is 0.102. The molecule has 0 fully saturated rings. The number of hydrogen-bond donors (Lipinski definition) is 2. The summed E-state index contributed by atoms with van der Waals surface area (Å²) in [6, 6.07) is 13.5. The highest BCUT2D eigenvalue weighted by Crippen LogP contribution is 2.19. The maximum atomic E-state index is 12.1. The van der Waals surface area contributed by atoms with Crippen LogP contribution in [0.25, 0.3) is 5.69 Å². The van der Waals surface area contributed by atoms with Crippen LogP contribution in [0.15, 0.2) is 48.5 Å². The van der Waals surface area contributed by atoms with Crippen molar-refractivity contribution in [2.24, 2.45) is 0 Å². The van der Waals surface area contributed by atoms with Crippen molar-refractivity contribution in [2.75, 3.05) is 5.32 Å². The Morgan fingerprint density at radius 2 is 1.91 bits per heavy atom. The molecule has 3 rings (SSSR count). The fraction of sp³-hybridized carbons (Fsp3) is 0.125. The molecule has 1 aromatic heterocycles. The highest BCUT2D eigenvalue weighted by molar-refractivity contribution is 6.06. The van der Waals surface area contributed by atoms with Crippen LogP contribution in [-0.2, 0) is 6.42 Å². The van der Waals surface area contributed by atoms with Gasteiger partial charge in [0.15, 0.2) is 5.82 Å². The number of aromatic nitrogens is 4. The molecule has 116 valence electrons. The molecule has 0 aliphatic rings. The van der Waals surface area contributed by atoms with E-state index in [1.807, 2.05) is 19.1 Å². The molecule has 0 unspecified atom stereocenters. The number of para-hydroxylation sites is 1. The number of benzene rings is 2. The monoisotopic (exact) mass is 309 g/mol. The Balaban J connectivity index is 1.78. The maximum Gasteiger partial charge on any atom is 0.259 e. The molecule has 7 heteroatoms. The number of hydrogen-bond acceptors (Lipinski definition) is 5. The van der Waals surface area contributed by atoms with Crippen LogP contribution in [0.2, 0.25) is 0 Å². The Bertz CT molecular complexity index is 826. The number of nitrogens with zero attached hydrogens (tertiary/aromatic N) is 4. The summed E-state index contributed by atoms with van der Waals surface area (Å²) in [4.78, 5) is 12.1. The second kappa shape index (κ2) is 6.27. The van der Waals surface area contributed by atoms with Crippen LogP contribution in [0.3, 0.4) is 0 Å². The van der Waals surface area contributed by atoms with Crippen molar-refractivity contribution >= 4 is 11.6 Å². The van der Waals surface area contributed by atoms with Gasteiger partial charge in [0.05, 0.1) is 11.3 Å². The molecule has 1 heterocycles. The Labute approximate surface area is 132 Å². The van der Waals surface area contributed by atoms with Crippen molar-refractivity contribution in [2.45, 2.75) is 13.3 Å². The van der Waals surface area contributed by atoms with E-state index in [1.54, 1.807) is 35.0 Å². The van der Waals surface area contributed by atoms with Crippen LogP contribution < -0.4 is 5.32 Å². The Kier molecular flexibility index (Phi) is 4.01. The van der Waals surface area contributed by atoms with Crippen molar-refractivity contribution < 1.29 is 9.90 Å². The highest BCUT2D eigenvalue weighted by atomic mass is 16.3. The summed E-state index contributed by atoms with van der Waals surface area (Å²) in [5.41, 5.74) is 1.66. The third kappa shape index (κ3) is 3.03. The second-order valence-corrected chi connectivity index (χ2v) is 4.88. The lowest BCUT2D eigenvalue weighted by atomic mass is 10.2. The first-order chi connectivity index (χ1) is 11.2.